The molecule has 0 bridgehead atoms. The molecule has 0 heteroatoms. The molecule has 0 saturated carbocycles. The molecule has 0 radical (unpaired) electrons. The molecule has 0 spiro atoms. The molecule has 0 heterocycles. The van der Waals surface area contributed by atoms with Crippen LogP contribution in [0.4, 0.5) is 0 Å². The third kappa shape index (κ3) is 8.43. The molecule has 0 fully saturated rings. The first kappa shape index (κ1) is 45.6. The van der Waals surface area contributed by atoms with Gasteiger partial charge in [-0.25, -0.2) is 0 Å². The standard InChI is InChI=1S/C73H58/c1-50-21-13-15-33-64(50)55-37-39-56(40-38-55)70(61-42-44-68-67-35-17-18-36-71(67)73(72(68)49-61,62-29-9-5-10-30-62)63-31-11-6-12-32-63)46-53-23-19-26-57(45-53)58-27-20-28-59(47-58)60-41-43-66(65-34-16-14-22-51(65)2)69(48-60)52(3)54-24-7-4-8-25-54/h4-20,22-45,47-50,70H,3,21,46H2,1-2H3. The minimum absolute atomic E-state index is 0.0921. The predicted molar refractivity (Wildman–Crippen MR) is 309 cm³/mol. The minimum Gasteiger partial charge on any atom is -0.0905 e. The lowest BCUT2D eigenvalue weighted by Gasteiger charge is -2.34. The van der Waals surface area contributed by atoms with Gasteiger partial charge in [-0.05, 0) is 155 Å². The number of benzene rings is 10. The zero-order valence-corrected chi connectivity index (χ0v) is 41.7. The lowest BCUT2D eigenvalue weighted by Crippen LogP contribution is -2.28. The van der Waals surface area contributed by atoms with E-state index in [1.165, 1.54) is 100 Å². The fraction of sp³-hybridized carbons (Fsp3) is 0.0959. The molecule has 12 rings (SSSR count). The summed E-state index contributed by atoms with van der Waals surface area (Å²) in [6.45, 7) is 9.20. The van der Waals surface area contributed by atoms with Crippen molar-refractivity contribution in [3.63, 3.8) is 0 Å². The summed E-state index contributed by atoms with van der Waals surface area (Å²) in [4.78, 5) is 0. The Kier molecular flexibility index (Phi) is 12.2. The Balaban J connectivity index is 0.950. The van der Waals surface area contributed by atoms with Crippen molar-refractivity contribution in [1.82, 2.24) is 0 Å². The summed E-state index contributed by atoms with van der Waals surface area (Å²) in [5.74, 6) is 0.582. The van der Waals surface area contributed by atoms with Gasteiger partial charge >= 0.3 is 0 Å². The molecule has 10 aromatic carbocycles. The predicted octanol–water partition coefficient (Wildman–Crippen LogP) is 18.8. The second-order valence-corrected chi connectivity index (χ2v) is 20.1. The molecule has 2 aliphatic carbocycles. The molecule has 0 saturated heterocycles. The van der Waals surface area contributed by atoms with E-state index in [2.05, 4.69) is 287 Å². The maximum absolute atomic E-state index is 4.67. The molecule has 2 aliphatic rings. The van der Waals surface area contributed by atoms with Crippen molar-refractivity contribution < 1.29 is 0 Å². The van der Waals surface area contributed by atoms with Crippen LogP contribution in [0.5, 0.6) is 0 Å². The largest absolute Gasteiger partial charge is 0.0905 e. The summed E-state index contributed by atoms with van der Waals surface area (Å²) in [5, 5.41) is 0. The molecule has 2 atom stereocenters. The van der Waals surface area contributed by atoms with Crippen LogP contribution in [0.2, 0.25) is 0 Å². The highest BCUT2D eigenvalue weighted by Crippen LogP contribution is 2.57. The molecule has 0 aliphatic heterocycles. The average molecular weight is 935 g/mol. The lowest BCUT2D eigenvalue weighted by atomic mass is 9.67. The normalized spacial score (nSPS) is 14.7. The number of hydrogen-bond acceptors (Lipinski definition) is 0. The first-order valence-corrected chi connectivity index (χ1v) is 25.9. The zero-order valence-electron chi connectivity index (χ0n) is 41.7. The number of aryl methyl sites for hydroxylation is 1. The maximum Gasteiger partial charge on any atom is 0.0713 e. The summed E-state index contributed by atoms with van der Waals surface area (Å²) >= 11 is 0. The van der Waals surface area contributed by atoms with E-state index in [-0.39, 0.29) is 5.92 Å². The van der Waals surface area contributed by atoms with Crippen LogP contribution < -0.4 is 0 Å². The van der Waals surface area contributed by atoms with Crippen LogP contribution in [-0.4, -0.2) is 0 Å². The smallest absolute Gasteiger partial charge is 0.0713 e. The molecule has 10 aromatic rings. The summed E-state index contributed by atoms with van der Waals surface area (Å²) in [6, 6.07) is 92.7. The SMILES string of the molecule is C=C(c1ccccc1)c1cc(-c2cccc(-c3cccc(CC(c4ccc(C5=CC=CCC5C)cc4)c4ccc5c(c4)C(c4ccccc4)(c4ccccc4)c4ccccc4-5)c3)c2)ccc1-c1ccccc1C. The molecule has 0 amide bonds. The van der Waals surface area contributed by atoms with Crippen molar-refractivity contribution in [2.24, 2.45) is 5.92 Å². The Labute approximate surface area is 432 Å². The van der Waals surface area contributed by atoms with E-state index in [1.54, 1.807) is 0 Å². The molecule has 0 nitrogen and oxygen atoms in total. The van der Waals surface area contributed by atoms with Gasteiger partial charge in [0.1, 0.15) is 0 Å². The summed E-state index contributed by atoms with van der Waals surface area (Å²) in [6.07, 6.45) is 8.71. The van der Waals surface area contributed by atoms with E-state index in [4.69, 9.17) is 0 Å². The van der Waals surface area contributed by atoms with Gasteiger partial charge in [0.15, 0.2) is 0 Å². The van der Waals surface area contributed by atoms with E-state index in [9.17, 15) is 0 Å². The van der Waals surface area contributed by atoms with Gasteiger partial charge in [-0.2, -0.15) is 0 Å². The molecule has 0 aromatic heterocycles. The Bertz CT molecular complexity index is 3660. The molecule has 0 N–H and O–H groups in total. The summed E-state index contributed by atoms with van der Waals surface area (Å²) < 4.78 is 0. The fourth-order valence-electron chi connectivity index (χ4n) is 12.0. The van der Waals surface area contributed by atoms with E-state index in [0.717, 1.165) is 29.5 Å². The monoisotopic (exact) mass is 934 g/mol. The summed E-state index contributed by atoms with van der Waals surface area (Å²) in [5.41, 5.74) is 25.7. The van der Waals surface area contributed by atoms with E-state index in [0.29, 0.717) is 5.92 Å². The minimum atomic E-state index is -0.475. The number of allylic oxidation sites excluding steroid dienone is 4. The summed E-state index contributed by atoms with van der Waals surface area (Å²) in [7, 11) is 0. The highest BCUT2D eigenvalue weighted by molar-refractivity contribution is 5.91. The maximum atomic E-state index is 4.67. The van der Waals surface area contributed by atoms with Gasteiger partial charge in [0.25, 0.3) is 0 Å². The van der Waals surface area contributed by atoms with Crippen LogP contribution >= 0.6 is 0 Å². The average Bonchev–Trinajstić information content (AvgIpc) is 3.75. The van der Waals surface area contributed by atoms with Crippen LogP contribution in [0, 0.1) is 12.8 Å². The third-order valence-electron chi connectivity index (χ3n) is 15.8. The van der Waals surface area contributed by atoms with Crippen molar-refractivity contribution in [2.45, 2.75) is 38.0 Å². The fourth-order valence-corrected chi connectivity index (χ4v) is 12.0. The van der Waals surface area contributed by atoms with E-state index in [1.807, 2.05) is 0 Å². The van der Waals surface area contributed by atoms with Crippen molar-refractivity contribution >= 4 is 11.1 Å². The molecular weight excluding hydrogens is 877 g/mol. The van der Waals surface area contributed by atoms with Crippen molar-refractivity contribution in [1.29, 1.82) is 0 Å². The van der Waals surface area contributed by atoms with E-state index < -0.39 is 5.41 Å². The van der Waals surface area contributed by atoms with Gasteiger partial charge < -0.3 is 0 Å². The number of rotatable bonds is 12. The van der Waals surface area contributed by atoms with Crippen LogP contribution in [0.25, 0.3) is 55.7 Å². The van der Waals surface area contributed by atoms with Crippen molar-refractivity contribution in [3.05, 3.63) is 335 Å². The van der Waals surface area contributed by atoms with Gasteiger partial charge in [-0.1, -0.05) is 268 Å². The number of hydrogen-bond donors (Lipinski definition) is 0. The van der Waals surface area contributed by atoms with Gasteiger partial charge in [0.05, 0.1) is 5.41 Å². The molecule has 2 unspecified atom stereocenters. The van der Waals surface area contributed by atoms with Gasteiger partial charge in [0, 0.05) is 5.92 Å². The third-order valence-corrected chi connectivity index (χ3v) is 15.8. The van der Waals surface area contributed by atoms with Crippen LogP contribution in [0.15, 0.2) is 274 Å². The quantitative estimate of drug-likeness (QED) is 0.115. The second kappa shape index (κ2) is 19.6. The Hall–Kier alpha value is -8.58. The Morgan fingerprint density at radius 2 is 1.04 bits per heavy atom. The first-order valence-electron chi connectivity index (χ1n) is 25.9. The van der Waals surface area contributed by atoms with Gasteiger partial charge in [0.2, 0.25) is 0 Å². The highest BCUT2D eigenvalue weighted by atomic mass is 14.5. The van der Waals surface area contributed by atoms with Crippen molar-refractivity contribution in [3.8, 4) is 44.5 Å². The number of fused-ring (bicyclic) bond motifs is 3. The van der Waals surface area contributed by atoms with E-state index >= 15 is 0 Å². The molecular formula is C73H58. The topological polar surface area (TPSA) is 0 Å². The van der Waals surface area contributed by atoms with Crippen LogP contribution in [-0.2, 0) is 11.8 Å². The zero-order chi connectivity index (χ0) is 49.3. The highest BCUT2D eigenvalue weighted by Gasteiger charge is 2.46. The molecule has 73 heavy (non-hydrogen) atoms. The van der Waals surface area contributed by atoms with Gasteiger partial charge in [-0.3, -0.25) is 0 Å². The van der Waals surface area contributed by atoms with Crippen LogP contribution in [0.3, 0.4) is 0 Å². The van der Waals surface area contributed by atoms with Crippen LogP contribution in [0.1, 0.15) is 80.5 Å². The first-order chi connectivity index (χ1) is 35.9. The Morgan fingerprint density at radius 1 is 0.479 bits per heavy atom. The molecule has 350 valence electrons. The van der Waals surface area contributed by atoms with Gasteiger partial charge in [-0.15, -0.1) is 0 Å². The lowest BCUT2D eigenvalue weighted by molar-refractivity contribution is 0.754. The van der Waals surface area contributed by atoms with Crippen molar-refractivity contribution in [2.75, 3.05) is 0 Å². The Morgan fingerprint density at radius 3 is 1.74 bits per heavy atom. The second-order valence-electron chi connectivity index (χ2n) is 20.1.